The van der Waals surface area contributed by atoms with Crippen LogP contribution < -0.4 is 0 Å². The Bertz CT molecular complexity index is 854. The van der Waals surface area contributed by atoms with Crippen LogP contribution in [0, 0.1) is 0 Å². The summed E-state index contributed by atoms with van der Waals surface area (Å²) in [5.74, 6) is -0.00804. The van der Waals surface area contributed by atoms with Gasteiger partial charge in [-0.1, -0.05) is 45.0 Å². The fourth-order valence-corrected chi connectivity index (χ4v) is 3.52. The third kappa shape index (κ3) is 4.11. The highest BCUT2D eigenvalue weighted by molar-refractivity contribution is 5.93. The molecule has 0 spiro atoms. The number of piperazine rings is 1. The summed E-state index contributed by atoms with van der Waals surface area (Å²) in [5, 5.41) is 4.55. The average Bonchev–Trinajstić information content (AvgIpc) is 3.11. The molecule has 0 atom stereocenters. The minimum Gasteiger partial charge on any atom is -0.339 e. The fraction of sp³-hybridized carbons (Fsp3) is 0.500. The van der Waals surface area contributed by atoms with Gasteiger partial charge in [0.25, 0.3) is 5.91 Å². The van der Waals surface area contributed by atoms with Gasteiger partial charge in [-0.2, -0.15) is 5.10 Å². The molecule has 1 fully saturated rings. The van der Waals surface area contributed by atoms with E-state index < -0.39 is 0 Å². The van der Waals surface area contributed by atoms with Crippen LogP contribution in [0.4, 0.5) is 0 Å². The first-order chi connectivity index (χ1) is 13.2. The first-order valence-corrected chi connectivity index (χ1v) is 9.94. The van der Waals surface area contributed by atoms with Gasteiger partial charge >= 0.3 is 0 Å². The van der Waals surface area contributed by atoms with E-state index >= 15 is 0 Å². The van der Waals surface area contributed by atoms with E-state index in [0.29, 0.717) is 38.4 Å². The van der Waals surface area contributed by atoms with Crippen molar-refractivity contribution in [3.8, 4) is 11.3 Å². The molecule has 0 aliphatic carbocycles. The minimum atomic E-state index is -0.0667. The molecule has 2 amide bonds. The molecule has 2 heterocycles. The Balaban J connectivity index is 1.81. The minimum absolute atomic E-state index is 0.0587. The van der Waals surface area contributed by atoms with Crippen molar-refractivity contribution in [2.24, 2.45) is 0 Å². The van der Waals surface area contributed by atoms with Crippen LogP contribution in [0.1, 0.15) is 50.7 Å². The van der Waals surface area contributed by atoms with Gasteiger partial charge in [-0.05, 0) is 29.5 Å². The predicted molar refractivity (Wildman–Crippen MR) is 110 cm³/mol. The van der Waals surface area contributed by atoms with Crippen LogP contribution in [0.25, 0.3) is 11.3 Å². The normalized spacial score (nSPS) is 15.0. The smallest absolute Gasteiger partial charge is 0.274 e. The van der Waals surface area contributed by atoms with Crippen LogP contribution in [0.15, 0.2) is 30.3 Å². The van der Waals surface area contributed by atoms with Gasteiger partial charge in [-0.25, -0.2) is 0 Å². The summed E-state index contributed by atoms with van der Waals surface area (Å²) in [6.45, 7) is 13.1. The summed E-state index contributed by atoms with van der Waals surface area (Å²) < 4.78 is 1.88. The Morgan fingerprint density at radius 3 is 2.07 bits per heavy atom. The summed E-state index contributed by atoms with van der Waals surface area (Å²) >= 11 is 0. The van der Waals surface area contributed by atoms with Crippen molar-refractivity contribution in [2.75, 3.05) is 26.2 Å². The van der Waals surface area contributed by atoms with Gasteiger partial charge in [0, 0.05) is 39.6 Å². The third-order valence-corrected chi connectivity index (χ3v) is 5.36. The molecule has 6 heteroatoms. The van der Waals surface area contributed by atoms with Gasteiger partial charge < -0.3 is 9.80 Å². The maximum Gasteiger partial charge on any atom is 0.274 e. The first kappa shape index (κ1) is 20.1. The Morgan fingerprint density at radius 1 is 1.00 bits per heavy atom. The maximum absolute atomic E-state index is 12.9. The van der Waals surface area contributed by atoms with E-state index in [1.54, 1.807) is 16.7 Å². The third-order valence-electron chi connectivity index (χ3n) is 5.36. The SMILES string of the molecule is CCn1nc(C(=O)N2CCN(C(C)=O)CC2)cc1-c1ccc(C(C)(C)C)cc1. The van der Waals surface area contributed by atoms with Gasteiger partial charge in [0.2, 0.25) is 5.91 Å². The molecule has 0 unspecified atom stereocenters. The number of nitrogens with zero attached hydrogens (tertiary/aromatic N) is 4. The zero-order valence-electron chi connectivity index (χ0n) is 17.5. The Labute approximate surface area is 167 Å². The van der Waals surface area contributed by atoms with Crippen molar-refractivity contribution in [1.82, 2.24) is 19.6 Å². The van der Waals surface area contributed by atoms with E-state index in [-0.39, 0.29) is 17.2 Å². The lowest BCUT2D eigenvalue weighted by molar-refractivity contribution is -0.130. The van der Waals surface area contributed by atoms with Gasteiger partial charge in [-0.15, -0.1) is 0 Å². The van der Waals surface area contributed by atoms with E-state index in [1.807, 2.05) is 17.7 Å². The molecule has 28 heavy (non-hydrogen) atoms. The number of carbonyl (C=O) groups excluding carboxylic acids is 2. The van der Waals surface area contributed by atoms with E-state index in [9.17, 15) is 9.59 Å². The monoisotopic (exact) mass is 382 g/mol. The molecule has 1 aromatic carbocycles. The van der Waals surface area contributed by atoms with Gasteiger partial charge in [0.15, 0.2) is 5.69 Å². The molecule has 1 aliphatic heterocycles. The lowest BCUT2D eigenvalue weighted by Gasteiger charge is -2.33. The van der Waals surface area contributed by atoms with Crippen LogP contribution in [0.2, 0.25) is 0 Å². The molecule has 1 saturated heterocycles. The standard InChI is InChI=1S/C22H30N4O2/c1-6-26-20(17-7-9-18(10-8-17)22(3,4)5)15-19(23-26)21(28)25-13-11-24(12-14-25)16(2)27/h7-10,15H,6,11-14H2,1-5H3. The molecule has 3 rings (SSSR count). The zero-order valence-corrected chi connectivity index (χ0v) is 17.5. The number of carbonyl (C=O) groups is 2. The quantitative estimate of drug-likeness (QED) is 0.819. The Morgan fingerprint density at radius 2 is 1.57 bits per heavy atom. The van der Waals surface area contributed by atoms with Gasteiger partial charge in [0.1, 0.15) is 0 Å². The van der Waals surface area contributed by atoms with Crippen molar-refractivity contribution >= 4 is 11.8 Å². The second-order valence-corrected chi connectivity index (χ2v) is 8.36. The number of benzene rings is 1. The first-order valence-electron chi connectivity index (χ1n) is 9.94. The van der Waals surface area contributed by atoms with Gasteiger partial charge in [-0.3, -0.25) is 14.3 Å². The van der Waals surface area contributed by atoms with Crippen molar-refractivity contribution in [2.45, 2.75) is 46.6 Å². The summed E-state index contributed by atoms with van der Waals surface area (Å²) in [7, 11) is 0. The van der Waals surface area contributed by atoms with Gasteiger partial charge in [0.05, 0.1) is 5.69 Å². The second-order valence-electron chi connectivity index (χ2n) is 8.36. The summed E-state index contributed by atoms with van der Waals surface area (Å²) in [5.41, 5.74) is 3.86. The molecular formula is C22H30N4O2. The van der Waals surface area contributed by atoms with E-state index in [2.05, 4.69) is 50.1 Å². The predicted octanol–water partition coefficient (Wildman–Crippen LogP) is 3.17. The Hall–Kier alpha value is -2.63. The topological polar surface area (TPSA) is 58.4 Å². The second kappa shape index (κ2) is 7.78. The zero-order chi connectivity index (χ0) is 20.5. The molecule has 2 aromatic rings. The van der Waals surface area contributed by atoms with E-state index in [4.69, 9.17) is 0 Å². The van der Waals surface area contributed by atoms with Crippen molar-refractivity contribution in [3.05, 3.63) is 41.6 Å². The highest BCUT2D eigenvalue weighted by atomic mass is 16.2. The summed E-state index contributed by atoms with van der Waals surface area (Å²) in [6.07, 6.45) is 0. The highest BCUT2D eigenvalue weighted by Crippen LogP contribution is 2.27. The van der Waals surface area contributed by atoms with Crippen LogP contribution in [0.5, 0.6) is 0 Å². The van der Waals surface area contributed by atoms with E-state index in [0.717, 1.165) is 11.3 Å². The lowest BCUT2D eigenvalue weighted by Crippen LogP contribution is -2.50. The van der Waals surface area contributed by atoms with Crippen LogP contribution in [0.3, 0.4) is 0 Å². The molecule has 1 aliphatic rings. The summed E-state index contributed by atoms with van der Waals surface area (Å²) in [4.78, 5) is 28.0. The van der Waals surface area contributed by atoms with Crippen LogP contribution >= 0.6 is 0 Å². The summed E-state index contributed by atoms with van der Waals surface area (Å²) in [6, 6.07) is 10.4. The largest absolute Gasteiger partial charge is 0.339 e. The molecule has 0 radical (unpaired) electrons. The molecule has 0 saturated carbocycles. The fourth-order valence-electron chi connectivity index (χ4n) is 3.52. The average molecular weight is 383 g/mol. The lowest BCUT2D eigenvalue weighted by atomic mass is 9.86. The molecule has 1 aromatic heterocycles. The van der Waals surface area contributed by atoms with Crippen LogP contribution in [-0.4, -0.2) is 57.6 Å². The number of hydrogen-bond acceptors (Lipinski definition) is 3. The molecule has 6 nitrogen and oxygen atoms in total. The van der Waals surface area contributed by atoms with Crippen LogP contribution in [-0.2, 0) is 16.8 Å². The molecular weight excluding hydrogens is 352 g/mol. The molecule has 0 bridgehead atoms. The highest BCUT2D eigenvalue weighted by Gasteiger charge is 2.26. The van der Waals surface area contributed by atoms with Crippen molar-refractivity contribution in [1.29, 1.82) is 0 Å². The Kier molecular flexibility index (Phi) is 5.59. The van der Waals surface area contributed by atoms with Crippen molar-refractivity contribution < 1.29 is 9.59 Å². The maximum atomic E-state index is 12.9. The molecule has 0 N–H and O–H groups in total. The number of aryl methyl sites for hydroxylation is 1. The molecule has 150 valence electrons. The number of amides is 2. The number of hydrogen-bond donors (Lipinski definition) is 0. The number of aromatic nitrogens is 2. The van der Waals surface area contributed by atoms with E-state index in [1.165, 1.54) is 5.56 Å². The van der Waals surface area contributed by atoms with Crippen molar-refractivity contribution in [3.63, 3.8) is 0 Å². The number of rotatable bonds is 3.